The van der Waals surface area contributed by atoms with Gasteiger partial charge in [-0.3, -0.25) is 9.59 Å². The number of ether oxygens (including phenoxy) is 1. The van der Waals surface area contributed by atoms with Gasteiger partial charge in [-0.2, -0.15) is 0 Å². The van der Waals surface area contributed by atoms with Crippen LogP contribution in [0.3, 0.4) is 0 Å². The van der Waals surface area contributed by atoms with E-state index >= 15 is 0 Å². The fourth-order valence-electron chi connectivity index (χ4n) is 3.26. The average Bonchev–Trinajstić information content (AvgIpc) is 2.95. The zero-order valence-electron chi connectivity index (χ0n) is 17.5. The minimum Gasteiger partial charge on any atom is -0.461 e. The van der Waals surface area contributed by atoms with Crippen molar-refractivity contribution in [3.63, 3.8) is 0 Å². The quantitative estimate of drug-likeness (QED) is 0.507. The number of aromatic nitrogens is 1. The van der Waals surface area contributed by atoms with Gasteiger partial charge >= 0.3 is 5.97 Å². The molecule has 2 aromatic rings. The third-order valence-electron chi connectivity index (χ3n) is 4.49. The SMILES string of the molecule is CCOC(=O)c1[nH]c(C)c(C(=O)CN(CC(C)C)C(=O)c2ccc(Cl)cc2)c1C. The summed E-state index contributed by atoms with van der Waals surface area (Å²) in [5.74, 6) is -0.777. The number of Topliss-reactive ketones (excluding diaryl/α,β-unsaturated/α-hetero) is 1. The highest BCUT2D eigenvalue weighted by Gasteiger charge is 2.26. The first-order chi connectivity index (χ1) is 13.6. The van der Waals surface area contributed by atoms with E-state index in [0.29, 0.717) is 34.0 Å². The molecule has 156 valence electrons. The highest BCUT2D eigenvalue weighted by molar-refractivity contribution is 6.30. The molecule has 0 spiro atoms. The predicted molar refractivity (Wildman–Crippen MR) is 113 cm³/mol. The van der Waals surface area contributed by atoms with Crippen LogP contribution in [0.2, 0.25) is 5.02 Å². The van der Waals surface area contributed by atoms with E-state index in [9.17, 15) is 14.4 Å². The second-order valence-electron chi connectivity index (χ2n) is 7.36. The zero-order valence-corrected chi connectivity index (χ0v) is 18.2. The molecule has 0 aliphatic rings. The fourth-order valence-corrected chi connectivity index (χ4v) is 3.39. The molecule has 2 rings (SSSR count). The molecule has 0 atom stereocenters. The minimum absolute atomic E-state index is 0.0819. The van der Waals surface area contributed by atoms with Crippen molar-refractivity contribution >= 4 is 29.3 Å². The average molecular weight is 419 g/mol. The molecule has 0 aliphatic carbocycles. The van der Waals surface area contributed by atoms with Gasteiger partial charge in [0.15, 0.2) is 5.78 Å². The van der Waals surface area contributed by atoms with Crippen LogP contribution in [-0.4, -0.2) is 47.2 Å². The first kappa shape index (κ1) is 22.7. The van der Waals surface area contributed by atoms with Gasteiger partial charge in [0.25, 0.3) is 5.91 Å². The second kappa shape index (κ2) is 9.74. The van der Waals surface area contributed by atoms with Crippen LogP contribution in [0.1, 0.15) is 63.2 Å². The molecule has 7 heteroatoms. The van der Waals surface area contributed by atoms with E-state index in [-0.39, 0.29) is 36.5 Å². The monoisotopic (exact) mass is 418 g/mol. The molecular weight excluding hydrogens is 392 g/mol. The number of hydrogen-bond donors (Lipinski definition) is 1. The topological polar surface area (TPSA) is 79.5 Å². The molecule has 1 aromatic heterocycles. The number of halogens is 1. The number of nitrogens with zero attached hydrogens (tertiary/aromatic N) is 1. The van der Waals surface area contributed by atoms with E-state index in [2.05, 4.69) is 4.98 Å². The van der Waals surface area contributed by atoms with Crippen LogP contribution < -0.4 is 0 Å². The lowest BCUT2D eigenvalue weighted by molar-refractivity contribution is 0.0519. The van der Waals surface area contributed by atoms with Gasteiger partial charge in [-0.15, -0.1) is 0 Å². The largest absolute Gasteiger partial charge is 0.461 e. The number of carbonyl (C=O) groups excluding carboxylic acids is 3. The normalized spacial score (nSPS) is 10.9. The smallest absolute Gasteiger partial charge is 0.355 e. The van der Waals surface area contributed by atoms with E-state index in [1.54, 1.807) is 45.0 Å². The summed E-state index contributed by atoms with van der Waals surface area (Å²) in [7, 11) is 0. The Balaban J connectivity index is 2.30. The van der Waals surface area contributed by atoms with Gasteiger partial charge in [0.2, 0.25) is 0 Å². The Kier molecular flexibility index (Phi) is 7.62. The van der Waals surface area contributed by atoms with Gasteiger partial charge in [0, 0.05) is 28.4 Å². The van der Waals surface area contributed by atoms with Crippen molar-refractivity contribution in [3.8, 4) is 0 Å². The number of nitrogens with one attached hydrogen (secondary N) is 1. The number of ketones is 1. The number of rotatable bonds is 8. The van der Waals surface area contributed by atoms with Crippen molar-refractivity contribution in [2.75, 3.05) is 19.7 Å². The molecule has 1 heterocycles. The summed E-state index contributed by atoms with van der Waals surface area (Å²) in [6, 6.07) is 6.59. The lowest BCUT2D eigenvalue weighted by Gasteiger charge is -2.24. The van der Waals surface area contributed by atoms with Crippen molar-refractivity contribution in [3.05, 3.63) is 57.4 Å². The van der Waals surface area contributed by atoms with Gasteiger partial charge in [-0.1, -0.05) is 25.4 Å². The third kappa shape index (κ3) is 5.48. The van der Waals surface area contributed by atoms with Crippen molar-refractivity contribution in [1.82, 2.24) is 9.88 Å². The molecule has 0 bridgehead atoms. The number of hydrogen-bond acceptors (Lipinski definition) is 4. The van der Waals surface area contributed by atoms with Crippen LogP contribution in [-0.2, 0) is 4.74 Å². The maximum absolute atomic E-state index is 13.1. The summed E-state index contributed by atoms with van der Waals surface area (Å²) in [5.41, 5.74) is 2.28. The summed E-state index contributed by atoms with van der Waals surface area (Å²) in [4.78, 5) is 42.6. The van der Waals surface area contributed by atoms with Crippen molar-refractivity contribution in [1.29, 1.82) is 0 Å². The Morgan fingerprint density at radius 3 is 2.31 bits per heavy atom. The molecule has 6 nitrogen and oxygen atoms in total. The molecule has 0 fully saturated rings. The number of benzene rings is 1. The predicted octanol–water partition coefficient (Wildman–Crippen LogP) is 4.44. The Hall–Kier alpha value is -2.60. The lowest BCUT2D eigenvalue weighted by atomic mass is 10.0. The summed E-state index contributed by atoms with van der Waals surface area (Å²) >= 11 is 5.91. The Bertz CT molecular complexity index is 900. The van der Waals surface area contributed by atoms with Crippen LogP contribution in [0.4, 0.5) is 0 Å². The third-order valence-corrected chi connectivity index (χ3v) is 4.75. The lowest BCUT2D eigenvalue weighted by Crippen LogP contribution is -2.38. The van der Waals surface area contributed by atoms with Crippen LogP contribution >= 0.6 is 11.6 Å². The van der Waals surface area contributed by atoms with Crippen molar-refractivity contribution in [2.45, 2.75) is 34.6 Å². The van der Waals surface area contributed by atoms with E-state index in [1.165, 1.54) is 4.90 Å². The number of amides is 1. The van der Waals surface area contributed by atoms with Gasteiger partial charge in [-0.05, 0) is 56.5 Å². The minimum atomic E-state index is -0.497. The number of esters is 1. The number of H-pyrrole nitrogens is 1. The Labute approximate surface area is 176 Å². The van der Waals surface area contributed by atoms with Crippen molar-refractivity contribution < 1.29 is 19.1 Å². The van der Waals surface area contributed by atoms with E-state index in [4.69, 9.17) is 16.3 Å². The molecule has 29 heavy (non-hydrogen) atoms. The fraction of sp³-hybridized carbons (Fsp3) is 0.409. The number of aromatic amines is 1. The summed E-state index contributed by atoms with van der Waals surface area (Å²) < 4.78 is 5.04. The van der Waals surface area contributed by atoms with E-state index in [0.717, 1.165) is 0 Å². The maximum Gasteiger partial charge on any atom is 0.355 e. The summed E-state index contributed by atoms with van der Waals surface area (Å²) in [6.45, 7) is 9.73. The van der Waals surface area contributed by atoms with Crippen LogP contribution in [0.5, 0.6) is 0 Å². The molecule has 0 unspecified atom stereocenters. The summed E-state index contributed by atoms with van der Waals surface area (Å²) in [5, 5.41) is 0.540. The van der Waals surface area contributed by atoms with Crippen LogP contribution in [0.15, 0.2) is 24.3 Å². The standard InChI is InChI=1S/C22H27ClN2O4/c1-6-29-22(28)20-14(4)19(15(5)24-20)18(26)12-25(11-13(2)3)21(27)16-7-9-17(23)10-8-16/h7-10,13,24H,6,11-12H2,1-5H3. The maximum atomic E-state index is 13.1. The number of aryl methyl sites for hydroxylation is 1. The Morgan fingerprint density at radius 1 is 1.14 bits per heavy atom. The molecule has 1 aromatic carbocycles. The van der Waals surface area contributed by atoms with Crippen molar-refractivity contribution in [2.24, 2.45) is 5.92 Å². The molecule has 1 N–H and O–H groups in total. The first-order valence-corrected chi connectivity index (χ1v) is 9.97. The van der Waals surface area contributed by atoms with Gasteiger partial charge < -0.3 is 14.6 Å². The molecule has 1 amide bonds. The molecule has 0 saturated carbocycles. The van der Waals surface area contributed by atoms with Gasteiger partial charge in [-0.25, -0.2) is 4.79 Å². The molecule has 0 radical (unpaired) electrons. The number of carbonyl (C=O) groups is 3. The van der Waals surface area contributed by atoms with Crippen LogP contribution in [0, 0.1) is 19.8 Å². The van der Waals surface area contributed by atoms with Gasteiger partial charge in [0.05, 0.1) is 13.2 Å². The molecular formula is C22H27ClN2O4. The molecule has 0 saturated heterocycles. The second-order valence-corrected chi connectivity index (χ2v) is 7.79. The first-order valence-electron chi connectivity index (χ1n) is 9.60. The van der Waals surface area contributed by atoms with E-state index in [1.807, 2.05) is 13.8 Å². The highest BCUT2D eigenvalue weighted by atomic mass is 35.5. The van der Waals surface area contributed by atoms with E-state index < -0.39 is 5.97 Å². The van der Waals surface area contributed by atoms with Gasteiger partial charge in [0.1, 0.15) is 5.69 Å². The Morgan fingerprint density at radius 2 is 1.76 bits per heavy atom. The highest BCUT2D eigenvalue weighted by Crippen LogP contribution is 2.21. The van der Waals surface area contributed by atoms with Crippen LogP contribution in [0.25, 0.3) is 0 Å². The molecule has 0 aliphatic heterocycles. The zero-order chi connectivity index (χ0) is 21.7. The summed E-state index contributed by atoms with van der Waals surface area (Å²) in [6.07, 6.45) is 0.